The van der Waals surface area contributed by atoms with Gasteiger partial charge in [-0.2, -0.15) is 0 Å². The molecule has 0 aliphatic heterocycles. The number of rotatable bonds is 3. The van der Waals surface area contributed by atoms with Crippen molar-refractivity contribution in [3.05, 3.63) is 0 Å². The van der Waals surface area contributed by atoms with Crippen molar-refractivity contribution in [1.29, 1.82) is 0 Å². The van der Waals surface area contributed by atoms with Crippen LogP contribution in [-0.4, -0.2) is 18.7 Å². The van der Waals surface area contributed by atoms with Crippen LogP contribution in [0.4, 0.5) is 0 Å². The summed E-state index contributed by atoms with van der Waals surface area (Å²) in [4.78, 5) is 3.56. The first-order valence-electron chi connectivity index (χ1n) is 1.76. The van der Waals surface area contributed by atoms with Crippen LogP contribution in [0.1, 0.15) is 6.92 Å². The van der Waals surface area contributed by atoms with Crippen LogP contribution in [0.25, 0.3) is 0 Å². The number of hydrogen-bond donors (Lipinski definition) is 1. The van der Waals surface area contributed by atoms with Crippen molar-refractivity contribution in [2.24, 2.45) is 0 Å². The second-order valence-electron chi connectivity index (χ2n) is 0.740. The Morgan fingerprint density at radius 1 is 1.67 bits per heavy atom. The van der Waals surface area contributed by atoms with Crippen molar-refractivity contribution in [3.8, 4) is 0 Å². The van der Waals surface area contributed by atoms with Crippen LogP contribution in [0.3, 0.4) is 0 Å². The monoisotopic (exact) mass is 92.0 g/mol. The van der Waals surface area contributed by atoms with E-state index in [-0.39, 0.29) is 6.79 Å². The van der Waals surface area contributed by atoms with Crippen molar-refractivity contribution >= 4 is 0 Å². The summed E-state index contributed by atoms with van der Waals surface area (Å²) in [5.41, 5.74) is 0. The van der Waals surface area contributed by atoms with Gasteiger partial charge in [0.15, 0.2) is 6.79 Å². The van der Waals surface area contributed by atoms with Gasteiger partial charge in [0, 0.05) is 6.61 Å². The molecule has 0 atom stereocenters. The number of hydrogen-bond acceptors (Lipinski definition) is 3. The molecule has 0 aromatic carbocycles. The van der Waals surface area contributed by atoms with Crippen LogP contribution in [0.5, 0.6) is 0 Å². The van der Waals surface area contributed by atoms with Crippen molar-refractivity contribution in [2.45, 2.75) is 6.92 Å². The van der Waals surface area contributed by atoms with E-state index in [9.17, 15) is 0 Å². The van der Waals surface area contributed by atoms with Crippen LogP contribution in [0.2, 0.25) is 0 Å². The average Bonchev–Trinajstić information content (AvgIpc) is 1.61. The summed E-state index contributed by atoms with van der Waals surface area (Å²) in [5.74, 6) is 0. The minimum absolute atomic E-state index is 0.0312. The van der Waals surface area contributed by atoms with Gasteiger partial charge in [-0.3, -0.25) is 0 Å². The lowest BCUT2D eigenvalue weighted by atomic mass is 10.9. The largest absolute Gasteiger partial charge is 0.353 e. The highest BCUT2D eigenvalue weighted by Crippen LogP contribution is 1.68. The van der Waals surface area contributed by atoms with Crippen LogP contribution in [0.15, 0.2) is 0 Å². The molecule has 0 spiro atoms. The van der Waals surface area contributed by atoms with E-state index >= 15 is 0 Å². The van der Waals surface area contributed by atoms with Gasteiger partial charge in [0.25, 0.3) is 0 Å². The van der Waals surface area contributed by atoms with Gasteiger partial charge in [0.05, 0.1) is 0 Å². The molecule has 0 rings (SSSR count). The second kappa shape index (κ2) is 4.88. The van der Waals surface area contributed by atoms with Gasteiger partial charge in [0.1, 0.15) is 0 Å². The van der Waals surface area contributed by atoms with Crippen LogP contribution >= 0.6 is 0 Å². The number of ether oxygens (including phenoxy) is 1. The van der Waals surface area contributed by atoms with E-state index < -0.39 is 0 Å². The molecular formula is C3H8O3. The Balaban J connectivity index is 2.34. The van der Waals surface area contributed by atoms with Gasteiger partial charge in [-0.15, -0.1) is 0 Å². The minimum Gasteiger partial charge on any atom is -0.353 e. The average molecular weight is 92.1 g/mol. The predicted octanol–water partition coefficient (Wildman–Crippen LogP) is 0.470. The van der Waals surface area contributed by atoms with Crippen molar-refractivity contribution in [3.63, 3.8) is 0 Å². The third-order valence-corrected chi connectivity index (χ3v) is 0.340. The summed E-state index contributed by atoms with van der Waals surface area (Å²) in [6, 6.07) is 0. The zero-order valence-electron chi connectivity index (χ0n) is 3.68. The Labute approximate surface area is 36.4 Å². The van der Waals surface area contributed by atoms with E-state index in [1.807, 2.05) is 6.92 Å². The third kappa shape index (κ3) is 3.88. The molecule has 38 valence electrons. The first-order valence-corrected chi connectivity index (χ1v) is 1.76. The van der Waals surface area contributed by atoms with Gasteiger partial charge in [-0.05, 0) is 6.92 Å². The summed E-state index contributed by atoms with van der Waals surface area (Å²) < 4.78 is 4.51. The molecule has 6 heavy (non-hydrogen) atoms. The van der Waals surface area contributed by atoms with Crippen LogP contribution in [0, 0.1) is 0 Å². The van der Waals surface area contributed by atoms with Crippen LogP contribution in [-0.2, 0) is 9.62 Å². The third-order valence-electron chi connectivity index (χ3n) is 0.340. The Kier molecular flexibility index (Phi) is 4.78. The van der Waals surface area contributed by atoms with E-state index in [0.717, 1.165) is 0 Å². The molecule has 3 heteroatoms. The van der Waals surface area contributed by atoms with Gasteiger partial charge in [0.2, 0.25) is 0 Å². The zero-order chi connectivity index (χ0) is 4.83. The fourth-order valence-corrected chi connectivity index (χ4v) is 0.121. The van der Waals surface area contributed by atoms with Crippen molar-refractivity contribution in [2.75, 3.05) is 13.4 Å². The maximum Gasteiger partial charge on any atom is 0.180 e. The highest BCUT2D eigenvalue weighted by Gasteiger charge is 1.73. The summed E-state index contributed by atoms with van der Waals surface area (Å²) in [6.45, 7) is 2.36. The van der Waals surface area contributed by atoms with E-state index in [0.29, 0.717) is 6.61 Å². The molecule has 3 nitrogen and oxygen atoms in total. The topological polar surface area (TPSA) is 38.7 Å². The van der Waals surface area contributed by atoms with Gasteiger partial charge in [-0.25, -0.2) is 10.1 Å². The predicted molar refractivity (Wildman–Crippen MR) is 20.2 cm³/mol. The minimum atomic E-state index is -0.0312. The molecule has 0 bridgehead atoms. The molecular weight excluding hydrogens is 84.0 g/mol. The van der Waals surface area contributed by atoms with Crippen LogP contribution < -0.4 is 0 Å². The second-order valence-corrected chi connectivity index (χ2v) is 0.740. The smallest absolute Gasteiger partial charge is 0.180 e. The molecule has 0 aromatic heterocycles. The fraction of sp³-hybridized carbons (Fsp3) is 1.00. The zero-order valence-corrected chi connectivity index (χ0v) is 3.68. The highest BCUT2D eigenvalue weighted by atomic mass is 17.1. The summed E-state index contributed by atoms with van der Waals surface area (Å²) in [7, 11) is 0. The molecule has 0 saturated heterocycles. The molecule has 1 N–H and O–H groups in total. The summed E-state index contributed by atoms with van der Waals surface area (Å²) in [5, 5.41) is 7.57. The Hall–Kier alpha value is -0.120. The van der Waals surface area contributed by atoms with Crippen molar-refractivity contribution in [1.82, 2.24) is 0 Å². The first-order chi connectivity index (χ1) is 2.91. The molecule has 0 aromatic rings. The Bertz CT molecular complexity index is 18.0. The molecule has 0 amide bonds. The van der Waals surface area contributed by atoms with E-state index in [1.54, 1.807) is 0 Å². The molecule has 0 unspecified atom stereocenters. The maximum atomic E-state index is 7.57. The molecule has 0 radical (unpaired) electrons. The lowest BCUT2D eigenvalue weighted by Crippen LogP contribution is -1.93. The van der Waals surface area contributed by atoms with Gasteiger partial charge >= 0.3 is 0 Å². The van der Waals surface area contributed by atoms with E-state index in [2.05, 4.69) is 9.62 Å². The van der Waals surface area contributed by atoms with E-state index in [4.69, 9.17) is 5.26 Å². The molecule has 0 saturated carbocycles. The summed E-state index contributed by atoms with van der Waals surface area (Å²) >= 11 is 0. The Morgan fingerprint density at radius 3 is 2.50 bits per heavy atom. The van der Waals surface area contributed by atoms with E-state index in [1.165, 1.54) is 0 Å². The fourth-order valence-electron chi connectivity index (χ4n) is 0.121. The van der Waals surface area contributed by atoms with Gasteiger partial charge < -0.3 is 4.74 Å². The Morgan fingerprint density at radius 2 is 2.33 bits per heavy atom. The first kappa shape index (κ1) is 5.88. The molecule has 0 fully saturated rings. The lowest BCUT2D eigenvalue weighted by molar-refractivity contribution is -0.295. The van der Waals surface area contributed by atoms with Gasteiger partial charge in [-0.1, -0.05) is 0 Å². The molecule has 0 aliphatic carbocycles. The SMILES string of the molecule is CCOCOO. The molecule has 0 heterocycles. The molecule has 0 aliphatic rings. The normalized spacial score (nSPS) is 9.00. The highest BCUT2D eigenvalue weighted by molar-refractivity contribution is 4.00. The lowest BCUT2D eigenvalue weighted by Gasteiger charge is -1.91. The summed E-state index contributed by atoms with van der Waals surface area (Å²) in [6.07, 6.45) is 0. The quantitative estimate of drug-likeness (QED) is 0.238. The van der Waals surface area contributed by atoms with Crippen molar-refractivity contribution < 1.29 is 14.9 Å². The maximum absolute atomic E-state index is 7.57. The standard InChI is InChI=1S/C3H8O3/c1-2-5-3-6-4/h4H,2-3H2,1H3.